The lowest BCUT2D eigenvalue weighted by atomic mass is 10.1. The molecule has 0 fully saturated rings. The molecule has 0 N–H and O–H groups in total. The summed E-state index contributed by atoms with van der Waals surface area (Å²) in [4.78, 5) is 16.6. The van der Waals surface area contributed by atoms with Gasteiger partial charge in [0.2, 0.25) is 0 Å². The van der Waals surface area contributed by atoms with Crippen LogP contribution >= 0.6 is 0 Å². The van der Waals surface area contributed by atoms with Crippen molar-refractivity contribution < 1.29 is 31.5 Å². The molecular weight excluding hydrogens is 397 g/mol. The van der Waals surface area contributed by atoms with Crippen molar-refractivity contribution in [1.29, 1.82) is 0 Å². The van der Waals surface area contributed by atoms with E-state index in [1.54, 1.807) is 20.8 Å². The third-order valence-corrected chi connectivity index (χ3v) is 3.85. The van der Waals surface area contributed by atoms with Crippen LogP contribution in [0.5, 0.6) is 0 Å². The Balaban J connectivity index is 2.13. The van der Waals surface area contributed by atoms with Crippen LogP contribution in [0, 0.1) is 0 Å². The van der Waals surface area contributed by atoms with Gasteiger partial charge in [-0.3, -0.25) is 0 Å². The number of carbonyl (C=O) groups is 1. The number of fused-ring (bicyclic) bond motifs is 1. The molecule has 0 aliphatic carbocycles. The topological polar surface area (TPSA) is 56.5 Å². The summed E-state index contributed by atoms with van der Waals surface area (Å²) >= 11 is 0. The summed E-state index contributed by atoms with van der Waals surface area (Å²) in [5, 5.41) is 3.80. The molecule has 2 heterocycles. The van der Waals surface area contributed by atoms with Gasteiger partial charge in [0, 0.05) is 5.56 Å². The zero-order valence-electron chi connectivity index (χ0n) is 15.6. The first-order valence-corrected chi connectivity index (χ1v) is 8.44. The second-order valence-corrected chi connectivity index (χ2v) is 7.24. The van der Waals surface area contributed by atoms with Crippen LogP contribution in [-0.2, 0) is 10.9 Å². The van der Waals surface area contributed by atoms with Gasteiger partial charge in [0.05, 0.1) is 17.5 Å². The summed E-state index contributed by atoms with van der Waals surface area (Å²) in [6.45, 7) is 4.92. The lowest BCUT2D eigenvalue weighted by Gasteiger charge is -2.19. The highest BCUT2D eigenvalue weighted by Gasteiger charge is 2.30. The van der Waals surface area contributed by atoms with E-state index in [-0.39, 0.29) is 22.5 Å². The van der Waals surface area contributed by atoms with Crippen LogP contribution in [0.1, 0.15) is 48.8 Å². The summed E-state index contributed by atoms with van der Waals surface area (Å²) in [7, 11) is 0. The molecule has 0 atom stereocenters. The van der Waals surface area contributed by atoms with Crippen LogP contribution in [-0.4, -0.2) is 26.2 Å². The van der Waals surface area contributed by atoms with Crippen LogP contribution in [0.3, 0.4) is 0 Å². The maximum atomic E-state index is 13.5. The van der Waals surface area contributed by atoms with Crippen molar-refractivity contribution in [2.24, 2.45) is 0 Å². The number of alkyl halides is 5. The largest absolute Gasteiger partial charge is 0.456 e. The van der Waals surface area contributed by atoms with Gasteiger partial charge in [-0.1, -0.05) is 12.1 Å². The summed E-state index contributed by atoms with van der Waals surface area (Å²) in [6.07, 6.45) is -6.42. The molecule has 2 aromatic heterocycles. The maximum absolute atomic E-state index is 13.5. The molecule has 0 spiro atoms. The van der Waals surface area contributed by atoms with E-state index in [0.29, 0.717) is 0 Å². The van der Waals surface area contributed by atoms with Gasteiger partial charge in [0.25, 0.3) is 6.43 Å². The zero-order chi connectivity index (χ0) is 21.6. The third kappa shape index (κ3) is 4.36. The van der Waals surface area contributed by atoms with Gasteiger partial charge in [-0.2, -0.15) is 18.3 Å². The standard InChI is InChI=1S/C19H16F5N3O2/c1-18(2,3)29-17(28)12-9-25-27-14(15(20)21)8-13(26-16(12)27)10-4-6-11(7-5-10)19(22,23)24/h4-9,15H,1-3H3. The molecule has 0 radical (unpaired) electrons. The second kappa shape index (κ2) is 7.09. The van der Waals surface area contributed by atoms with Crippen molar-refractivity contribution in [2.75, 3.05) is 0 Å². The van der Waals surface area contributed by atoms with Gasteiger partial charge in [0.1, 0.15) is 16.9 Å². The third-order valence-electron chi connectivity index (χ3n) is 3.85. The molecule has 0 unspecified atom stereocenters. The number of nitrogens with zero attached hydrogens (tertiary/aromatic N) is 3. The first kappa shape index (κ1) is 20.7. The Bertz CT molecular complexity index is 1050. The van der Waals surface area contributed by atoms with Crippen molar-refractivity contribution >= 4 is 11.6 Å². The molecule has 0 saturated heterocycles. The van der Waals surface area contributed by atoms with E-state index in [9.17, 15) is 26.7 Å². The molecule has 1 aromatic carbocycles. The molecule has 154 valence electrons. The lowest BCUT2D eigenvalue weighted by Crippen LogP contribution is -2.24. The van der Waals surface area contributed by atoms with E-state index in [1.165, 1.54) is 0 Å². The number of halogens is 5. The molecular formula is C19H16F5N3O2. The van der Waals surface area contributed by atoms with Crippen LogP contribution < -0.4 is 0 Å². The van der Waals surface area contributed by atoms with Crippen LogP contribution in [0.2, 0.25) is 0 Å². The monoisotopic (exact) mass is 413 g/mol. The van der Waals surface area contributed by atoms with E-state index in [0.717, 1.165) is 41.0 Å². The van der Waals surface area contributed by atoms with E-state index in [1.807, 2.05) is 0 Å². The lowest BCUT2D eigenvalue weighted by molar-refractivity contribution is -0.137. The first-order valence-electron chi connectivity index (χ1n) is 8.44. The Labute approximate surface area is 162 Å². The molecule has 0 saturated carbocycles. The minimum Gasteiger partial charge on any atom is -0.456 e. The molecule has 0 bridgehead atoms. The fraction of sp³-hybridized carbons (Fsp3) is 0.316. The number of esters is 1. The van der Waals surface area contributed by atoms with Crippen molar-refractivity contribution in [3.63, 3.8) is 0 Å². The van der Waals surface area contributed by atoms with Crippen molar-refractivity contribution in [3.05, 3.63) is 53.3 Å². The summed E-state index contributed by atoms with van der Waals surface area (Å²) < 4.78 is 71.4. The highest BCUT2D eigenvalue weighted by molar-refractivity contribution is 5.96. The molecule has 3 aromatic rings. The molecule has 29 heavy (non-hydrogen) atoms. The number of hydrogen-bond acceptors (Lipinski definition) is 4. The highest BCUT2D eigenvalue weighted by Crippen LogP contribution is 2.32. The summed E-state index contributed by atoms with van der Waals surface area (Å²) in [6, 6.07) is 4.93. The fourth-order valence-corrected chi connectivity index (χ4v) is 2.60. The minimum atomic E-state index is -4.53. The quantitative estimate of drug-likeness (QED) is 0.432. The molecule has 5 nitrogen and oxygen atoms in total. The number of benzene rings is 1. The Hall–Kier alpha value is -3.04. The molecule has 10 heteroatoms. The maximum Gasteiger partial charge on any atom is 0.416 e. The fourth-order valence-electron chi connectivity index (χ4n) is 2.60. The number of ether oxygens (including phenoxy) is 1. The van der Waals surface area contributed by atoms with E-state index in [2.05, 4.69) is 10.1 Å². The smallest absolute Gasteiger partial charge is 0.416 e. The highest BCUT2D eigenvalue weighted by atomic mass is 19.4. The Morgan fingerprint density at radius 1 is 1.10 bits per heavy atom. The zero-order valence-corrected chi connectivity index (χ0v) is 15.6. The summed E-state index contributed by atoms with van der Waals surface area (Å²) in [5.41, 5.74) is -2.41. The van der Waals surface area contributed by atoms with E-state index in [4.69, 9.17) is 4.74 Å². The van der Waals surface area contributed by atoms with Gasteiger partial charge in [0.15, 0.2) is 5.65 Å². The van der Waals surface area contributed by atoms with Gasteiger partial charge in [-0.25, -0.2) is 23.1 Å². The minimum absolute atomic E-state index is 0.0215. The van der Waals surface area contributed by atoms with E-state index >= 15 is 0 Å². The predicted molar refractivity (Wildman–Crippen MR) is 93.6 cm³/mol. The van der Waals surface area contributed by atoms with Crippen molar-refractivity contribution in [1.82, 2.24) is 14.6 Å². The molecule has 0 aliphatic heterocycles. The number of carbonyl (C=O) groups excluding carboxylic acids is 1. The SMILES string of the molecule is CC(C)(C)OC(=O)c1cnn2c(C(F)F)cc(-c3ccc(C(F)(F)F)cc3)nc12. The second-order valence-electron chi connectivity index (χ2n) is 7.24. The molecule has 0 amide bonds. The van der Waals surface area contributed by atoms with Gasteiger partial charge in [-0.15, -0.1) is 0 Å². The van der Waals surface area contributed by atoms with E-state index < -0.39 is 35.4 Å². The number of aromatic nitrogens is 3. The van der Waals surface area contributed by atoms with Crippen LogP contribution in [0.4, 0.5) is 22.0 Å². The van der Waals surface area contributed by atoms with Gasteiger partial charge >= 0.3 is 12.1 Å². The Morgan fingerprint density at radius 2 is 1.72 bits per heavy atom. The number of rotatable bonds is 3. The van der Waals surface area contributed by atoms with Crippen LogP contribution in [0.25, 0.3) is 16.9 Å². The number of hydrogen-bond donors (Lipinski definition) is 0. The van der Waals surface area contributed by atoms with Gasteiger partial charge < -0.3 is 4.74 Å². The normalized spacial score (nSPS) is 12.6. The van der Waals surface area contributed by atoms with Gasteiger partial charge in [-0.05, 0) is 39.0 Å². The summed E-state index contributed by atoms with van der Waals surface area (Å²) in [5.74, 6) is -0.801. The predicted octanol–water partition coefficient (Wildman–Crippen LogP) is 5.31. The first-order chi connectivity index (χ1) is 13.4. The average Bonchev–Trinajstić information content (AvgIpc) is 3.02. The Kier molecular flexibility index (Phi) is 5.06. The Morgan fingerprint density at radius 3 is 2.24 bits per heavy atom. The van der Waals surface area contributed by atoms with Crippen LogP contribution in [0.15, 0.2) is 36.5 Å². The molecule has 3 rings (SSSR count). The van der Waals surface area contributed by atoms with Crippen molar-refractivity contribution in [3.8, 4) is 11.3 Å². The molecule has 0 aliphatic rings. The van der Waals surface area contributed by atoms with Crippen molar-refractivity contribution in [2.45, 2.75) is 39.0 Å². The average molecular weight is 413 g/mol.